The van der Waals surface area contributed by atoms with Gasteiger partial charge in [0.25, 0.3) is 0 Å². The van der Waals surface area contributed by atoms with Crippen molar-refractivity contribution in [2.24, 2.45) is 7.05 Å². The molecule has 3 rings (SSSR count). The molecule has 7 heteroatoms. The topological polar surface area (TPSA) is 79.3 Å². The number of imidazole rings is 1. The van der Waals surface area contributed by atoms with E-state index in [0.29, 0.717) is 19.4 Å². The van der Waals surface area contributed by atoms with E-state index in [1.165, 1.54) is 0 Å². The van der Waals surface area contributed by atoms with Gasteiger partial charge in [0, 0.05) is 39.5 Å². The van der Waals surface area contributed by atoms with E-state index in [9.17, 15) is 9.59 Å². The van der Waals surface area contributed by atoms with Gasteiger partial charge in [0.05, 0.1) is 12.1 Å². The number of hydrogen-bond acceptors (Lipinski definition) is 3. The summed E-state index contributed by atoms with van der Waals surface area (Å²) in [5, 5.41) is 5.89. The number of nitrogens with one attached hydrogen (secondary N) is 2. The highest BCUT2D eigenvalue weighted by Gasteiger charge is 2.28. The Morgan fingerprint density at radius 1 is 1.32 bits per heavy atom. The van der Waals surface area contributed by atoms with E-state index in [1.807, 2.05) is 48.1 Å². The molecule has 1 aliphatic heterocycles. The minimum Gasteiger partial charge on any atom is -0.344 e. The number of rotatable bonds is 5. The molecule has 0 radical (unpaired) electrons. The van der Waals surface area contributed by atoms with Gasteiger partial charge in [-0.25, -0.2) is 9.78 Å². The molecular formula is C18H23N5O2. The Morgan fingerprint density at radius 3 is 2.68 bits per heavy atom. The van der Waals surface area contributed by atoms with Crippen molar-refractivity contribution in [2.75, 3.05) is 13.6 Å². The van der Waals surface area contributed by atoms with Crippen molar-refractivity contribution in [2.45, 2.75) is 24.9 Å². The lowest BCUT2D eigenvalue weighted by atomic mass is 10.1. The average Bonchev–Trinajstić information content (AvgIpc) is 3.13. The minimum atomic E-state index is -0.281. The van der Waals surface area contributed by atoms with Crippen molar-refractivity contribution in [1.82, 2.24) is 25.1 Å². The monoisotopic (exact) mass is 341 g/mol. The van der Waals surface area contributed by atoms with Gasteiger partial charge in [-0.15, -0.1) is 0 Å². The number of hydrogen-bond donors (Lipinski definition) is 2. The van der Waals surface area contributed by atoms with E-state index in [2.05, 4.69) is 15.6 Å². The van der Waals surface area contributed by atoms with Gasteiger partial charge in [-0.1, -0.05) is 30.3 Å². The maximum atomic E-state index is 12.4. The van der Waals surface area contributed by atoms with Gasteiger partial charge in [-0.3, -0.25) is 4.79 Å². The molecule has 7 nitrogen and oxygen atoms in total. The van der Waals surface area contributed by atoms with Gasteiger partial charge < -0.3 is 20.1 Å². The van der Waals surface area contributed by atoms with Crippen LogP contribution < -0.4 is 10.6 Å². The molecule has 25 heavy (non-hydrogen) atoms. The Bertz CT molecular complexity index is 743. The van der Waals surface area contributed by atoms with E-state index in [1.54, 1.807) is 18.1 Å². The molecule has 1 saturated heterocycles. The number of aryl methyl sites for hydroxylation is 1. The quantitative estimate of drug-likeness (QED) is 0.859. The second-order valence-electron chi connectivity index (χ2n) is 6.43. The Morgan fingerprint density at radius 2 is 2.08 bits per heavy atom. The van der Waals surface area contributed by atoms with E-state index in [0.717, 1.165) is 11.4 Å². The fraction of sp³-hybridized carbons (Fsp3) is 0.389. The lowest BCUT2D eigenvalue weighted by Crippen LogP contribution is -2.45. The maximum absolute atomic E-state index is 12.4. The molecule has 2 heterocycles. The molecule has 2 N–H and O–H groups in total. The Kier molecular flexibility index (Phi) is 5.02. The fourth-order valence-corrected chi connectivity index (χ4v) is 3.12. The van der Waals surface area contributed by atoms with E-state index >= 15 is 0 Å². The van der Waals surface area contributed by atoms with Crippen LogP contribution in [0.5, 0.6) is 0 Å². The molecule has 1 fully saturated rings. The number of likely N-dealkylation sites (N-methyl/N-ethyl adjacent to an activating group) is 1. The standard InChI is InChI=1S/C18H23N5O2/c1-22-9-8-19-17(22)15(10-13-6-4-3-5-7-13)21-18(25)20-14-11-16(24)23(2)12-14/h3-9,14-15H,10-12H2,1-2H3,(H2,20,21,25)/t14-,15?/m0/s1. The third kappa shape index (κ3) is 4.17. The fourth-order valence-electron chi connectivity index (χ4n) is 3.12. The molecule has 2 aromatic rings. The largest absolute Gasteiger partial charge is 0.344 e. The van der Waals surface area contributed by atoms with Gasteiger partial charge in [-0.05, 0) is 12.0 Å². The average molecular weight is 341 g/mol. The molecule has 132 valence electrons. The van der Waals surface area contributed by atoms with Crippen molar-refractivity contribution < 1.29 is 9.59 Å². The highest BCUT2D eigenvalue weighted by molar-refractivity contribution is 5.81. The number of carbonyl (C=O) groups is 2. The van der Waals surface area contributed by atoms with E-state index in [4.69, 9.17) is 0 Å². The second kappa shape index (κ2) is 7.38. The van der Waals surface area contributed by atoms with Gasteiger partial charge >= 0.3 is 6.03 Å². The maximum Gasteiger partial charge on any atom is 0.315 e. The van der Waals surface area contributed by atoms with Gasteiger partial charge in [-0.2, -0.15) is 0 Å². The summed E-state index contributed by atoms with van der Waals surface area (Å²) in [4.78, 5) is 30.0. The first-order chi connectivity index (χ1) is 12.0. The van der Waals surface area contributed by atoms with Crippen LogP contribution in [0.3, 0.4) is 0 Å². The van der Waals surface area contributed by atoms with Gasteiger partial charge in [0.2, 0.25) is 5.91 Å². The normalized spacial score (nSPS) is 18.2. The van der Waals surface area contributed by atoms with E-state index < -0.39 is 0 Å². The van der Waals surface area contributed by atoms with Crippen LogP contribution in [0.25, 0.3) is 0 Å². The van der Waals surface area contributed by atoms with Crippen molar-refractivity contribution in [1.29, 1.82) is 0 Å². The zero-order chi connectivity index (χ0) is 17.8. The van der Waals surface area contributed by atoms with Crippen LogP contribution in [-0.2, 0) is 18.3 Å². The minimum absolute atomic E-state index is 0.0511. The number of amides is 3. The smallest absolute Gasteiger partial charge is 0.315 e. The third-order valence-corrected chi connectivity index (χ3v) is 4.43. The lowest BCUT2D eigenvalue weighted by molar-refractivity contribution is -0.126. The van der Waals surface area contributed by atoms with Crippen LogP contribution in [0.4, 0.5) is 4.79 Å². The van der Waals surface area contributed by atoms with Crippen molar-refractivity contribution in [3.8, 4) is 0 Å². The number of carbonyl (C=O) groups excluding carboxylic acids is 2. The third-order valence-electron chi connectivity index (χ3n) is 4.43. The van der Waals surface area contributed by atoms with Crippen molar-refractivity contribution >= 4 is 11.9 Å². The molecule has 0 bridgehead atoms. The summed E-state index contributed by atoms with van der Waals surface area (Å²) in [6.07, 6.45) is 4.56. The summed E-state index contributed by atoms with van der Waals surface area (Å²) in [6.45, 7) is 0.540. The molecule has 1 aliphatic rings. The number of nitrogens with zero attached hydrogens (tertiary/aromatic N) is 3. The highest BCUT2D eigenvalue weighted by atomic mass is 16.2. The zero-order valence-electron chi connectivity index (χ0n) is 14.5. The van der Waals surface area contributed by atoms with Gasteiger partial charge in [0.1, 0.15) is 5.82 Å². The highest BCUT2D eigenvalue weighted by Crippen LogP contribution is 2.17. The first kappa shape index (κ1) is 17.0. The zero-order valence-corrected chi connectivity index (χ0v) is 14.5. The van der Waals surface area contributed by atoms with Crippen LogP contribution in [-0.4, -0.2) is 46.0 Å². The summed E-state index contributed by atoms with van der Waals surface area (Å²) in [6, 6.07) is 9.29. The van der Waals surface area contributed by atoms with Gasteiger partial charge in [0.15, 0.2) is 0 Å². The summed E-state index contributed by atoms with van der Waals surface area (Å²) in [7, 11) is 3.65. The number of aromatic nitrogens is 2. The van der Waals surface area contributed by atoms with Crippen molar-refractivity contribution in [3.05, 3.63) is 54.1 Å². The number of urea groups is 1. The first-order valence-electron chi connectivity index (χ1n) is 8.35. The Labute approximate surface area is 147 Å². The molecule has 0 spiro atoms. The molecule has 0 saturated carbocycles. The van der Waals surface area contributed by atoms with Crippen LogP contribution >= 0.6 is 0 Å². The molecular weight excluding hydrogens is 318 g/mol. The SMILES string of the molecule is CN1C[C@@H](NC(=O)NC(Cc2ccccc2)c2nccn2C)CC1=O. The van der Waals surface area contributed by atoms with E-state index in [-0.39, 0.29) is 24.0 Å². The molecule has 1 aromatic carbocycles. The summed E-state index contributed by atoms with van der Waals surface area (Å²) in [5.41, 5.74) is 1.12. The number of likely N-dealkylation sites (tertiary alicyclic amines) is 1. The van der Waals surface area contributed by atoms with Crippen LogP contribution in [0, 0.1) is 0 Å². The van der Waals surface area contributed by atoms with Crippen molar-refractivity contribution in [3.63, 3.8) is 0 Å². The predicted octanol–water partition coefficient (Wildman–Crippen LogP) is 1.23. The summed E-state index contributed by atoms with van der Waals surface area (Å²) < 4.78 is 1.90. The molecule has 0 aliphatic carbocycles. The lowest BCUT2D eigenvalue weighted by Gasteiger charge is -2.21. The molecule has 3 amide bonds. The van der Waals surface area contributed by atoms with Crippen LogP contribution in [0.1, 0.15) is 23.9 Å². The van der Waals surface area contributed by atoms with Crippen LogP contribution in [0.15, 0.2) is 42.7 Å². The second-order valence-corrected chi connectivity index (χ2v) is 6.43. The molecule has 1 aromatic heterocycles. The Balaban J connectivity index is 1.68. The summed E-state index contributed by atoms with van der Waals surface area (Å²) >= 11 is 0. The molecule has 2 atom stereocenters. The summed E-state index contributed by atoms with van der Waals surface area (Å²) in [5.74, 6) is 0.842. The van der Waals surface area contributed by atoms with Crippen LogP contribution in [0.2, 0.25) is 0 Å². The first-order valence-corrected chi connectivity index (χ1v) is 8.35. The number of benzene rings is 1. The Hall–Kier alpha value is -2.83. The molecule has 1 unspecified atom stereocenters. The predicted molar refractivity (Wildman–Crippen MR) is 93.8 cm³/mol.